The molecule has 0 fully saturated rings. The minimum Gasteiger partial charge on any atom is -0.352 e. The topological polar surface area (TPSA) is 72.7 Å². The highest BCUT2D eigenvalue weighted by molar-refractivity contribution is 6.04. The number of hydrogen-bond acceptors (Lipinski definition) is 4. The van der Waals surface area contributed by atoms with Crippen LogP contribution in [0.4, 0.5) is 4.39 Å². The Morgan fingerprint density at radius 3 is 2.52 bits per heavy atom. The van der Waals surface area contributed by atoms with Gasteiger partial charge in [0.25, 0.3) is 5.91 Å². The molecule has 1 atom stereocenters. The summed E-state index contributed by atoms with van der Waals surface area (Å²) in [5, 5.41) is 7.33. The van der Waals surface area contributed by atoms with E-state index in [0.717, 1.165) is 22.8 Å². The molecule has 27 heavy (non-hydrogen) atoms. The van der Waals surface area contributed by atoms with Gasteiger partial charge in [0.2, 0.25) is 0 Å². The summed E-state index contributed by atoms with van der Waals surface area (Å²) in [5.41, 5.74) is 4.52. The monoisotopic (exact) mass is 369 g/mol. The van der Waals surface area contributed by atoms with E-state index in [4.69, 9.17) is 0 Å². The molecule has 0 unspecified atom stereocenters. The van der Waals surface area contributed by atoms with Gasteiger partial charge < -0.3 is 5.32 Å². The van der Waals surface area contributed by atoms with E-state index in [0.29, 0.717) is 24.1 Å². The minimum atomic E-state index is -0.499. The van der Waals surface area contributed by atoms with Crippen LogP contribution in [0.25, 0.3) is 11.0 Å². The van der Waals surface area contributed by atoms with Crippen LogP contribution < -0.4 is 5.32 Å². The van der Waals surface area contributed by atoms with Crippen molar-refractivity contribution in [1.29, 1.82) is 0 Å². The number of amides is 1. The summed E-state index contributed by atoms with van der Waals surface area (Å²) in [6.07, 6.45) is 0. The number of fused-ring (bicyclic) bond motifs is 1. The molecule has 142 valence electrons. The Kier molecular flexibility index (Phi) is 5.21. The molecule has 1 aromatic carbocycles. The Labute approximate surface area is 157 Å². The normalized spacial score (nSPS) is 12.4. The Hall–Kier alpha value is -2.83. The molecule has 2 heterocycles. The molecule has 0 spiro atoms. The SMILES string of the molecule is Cc1cc(C)n(C[C@H](C)CNC(=O)c2cc(F)cc3nc(C)c(C)nc23)n1. The van der Waals surface area contributed by atoms with E-state index < -0.39 is 5.82 Å². The van der Waals surface area contributed by atoms with E-state index in [2.05, 4.69) is 20.4 Å². The van der Waals surface area contributed by atoms with Gasteiger partial charge in [0.15, 0.2) is 0 Å². The zero-order valence-corrected chi connectivity index (χ0v) is 16.3. The highest BCUT2D eigenvalue weighted by Crippen LogP contribution is 2.19. The second-order valence-corrected chi connectivity index (χ2v) is 7.14. The van der Waals surface area contributed by atoms with Gasteiger partial charge in [-0.05, 0) is 45.7 Å². The third-order valence-electron chi connectivity index (χ3n) is 4.59. The van der Waals surface area contributed by atoms with Crippen molar-refractivity contribution in [2.75, 3.05) is 6.54 Å². The van der Waals surface area contributed by atoms with Crippen LogP contribution in [0.5, 0.6) is 0 Å². The largest absolute Gasteiger partial charge is 0.352 e. The molecule has 3 rings (SSSR count). The fourth-order valence-corrected chi connectivity index (χ4v) is 3.05. The van der Waals surface area contributed by atoms with Gasteiger partial charge in [-0.1, -0.05) is 6.92 Å². The summed E-state index contributed by atoms with van der Waals surface area (Å²) in [7, 11) is 0. The Morgan fingerprint density at radius 2 is 1.85 bits per heavy atom. The van der Waals surface area contributed by atoms with Crippen molar-refractivity contribution >= 4 is 16.9 Å². The number of nitrogens with zero attached hydrogens (tertiary/aromatic N) is 4. The minimum absolute atomic E-state index is 0.168. The Morgan fingerprint density at radius 1 is 1.15 bits per heavy atom. The van der Waals surface area contributed by atoms with Gasteiger partial charge in [0.05, 0.1) is 28.2 Å². The average Bonchev–Trinajstić information content (AvgIpc) is 2.90. The number of aromatic nitrogens is 4. The smallest absolute Gasteiger partial charge is 0.253 e. The van der Waals surface area contributed by atoms with Gasteiger partial charge in [0, 0.05) is 24.8 Å². The standard InChI is InChI=1S/C20H24FN5O/c1-11(10-26-13(3)6-12(2)25-26)9-22-20(27)17-7-16(21)8-18-19(17)24-15(5)14(4)23-18/h6-8,11H,9-10H2,1-5H3,(H,22,27)/t11-/m1/s1. The lowest BCUT2D eigenvalue weighted by atomic mass is 10.1. The molecule has 0 aliphatic heterocycles. The number of carbonyl (C=O) groups excluding carboxylic acids is 1. The van der Waals surface area contributed by atoms with E-state index in [1.54, 1.807) is 0 Å². The van der Waals surface area contributed by atoms with E-state index in [1.807, 2.05) is 45.4 Å². The first-order valence-electron chi connectivity index (χ1n) is 8.98. The summed E-state index contributed by atoms with van der Waals surface area (Å²) in [6.45, 7) is 10.8. The lowest BCUT2D eigenvalue weighted by Crippen LogP contribution is -2.30. The Balaban J connectivity index is 1.76. The zero-order valence-electron chi connectivity index (χ0n) is 16.3. The lowest BCUT2D eigenvalue weighted by molar-refractivity contribution is 0.0947. The first-order chi connectivity index (χ1) is 12.7. The number of halogens is 1. The summed E-state index contributed by atoms with van der Waals surface area (Å²) < 4.78 is 15.9. The van der Waals surface area contributed by atoms with Crippen LogP contribution in [-0.4, -0.2) is 32.2 Å². The molecule has 7 heteroatoms. The van der Waals surface area contributed by atoms with Gasteiger partial charge in [-0.3, -0.25) is 9.48 Å². The summed E-state index contributed by atoms with van der Waals surface area (Å²) in [6, 6.07) is 4.54. The van der Waals surface area contributed by atoms with Gasteiger partial charge >= 0.3 is 0 Å². The van der Waals surface area contributed by atoms with Crippen molar-refractivity contribution in [3.8, 4) is 0 Å². The van der Waals surface area contributed by atoms with Crippen molar-refractivity contribution in [3.63, 3.8) is 0 Å². The fourth-order valence-electron chi connectivity index (χ4n) is 3.05. The number of benzene rings is 1. The van der Waals surface area contributed by atoms with Crippen LogP contribution in [-0.2, 0) is 6.54 Å². The molecular weight excluding hydrogens is 345 g/mol. The molecule has 0 aliphatic rings. The summed E-state index contributed by atoms with van der Waals surface area (Å²) >= 11 is 0. The van der Waals surface area contributed by atoms with Crippen LogP contribution in [0.15, 0.2) is 18.2 Å². The molecule has 3 aromatic rings. The zero-order chi connectivity index (χ0) is 19.7. The molecule has 1 N–H and O–H groups in total. The molecular formula is C20H24FN5O. The maximum atomic E-state index is 14.0. The number of aryl methyl sites for hydroxylation is 4. The molecule has 0 bridgehead atoms. The number of carbonyl (C=O) groups is 1. The van der Waals surface area contributed by atoms with Crippen molar-refractivity contribution < 1.29 is 9.18 Å². The van der Waals surface area contributed by atoms with Crippen molar-refractivity contribution in [3.05, 3.63) is 52.4 Å². The second kappa shape index (κ2) is 7.42. The summed E-state index contributed by atoms with van der Waals surface area (Å²) in [5.74, 6) is -0.681. The van der Waals surface area contributed by atoms with Crippen LogP contribution in [0.2, 0.25) is 0 Å². The van der Waals surface area contributed by atoms with Crippen molar-refractivity contribution in [1.82, 2.24) is 25.1 Å². The molecule has 0 saturated heterocycles. The van der Waals surface area contributed by atoms with Gasteiger partial charge in [0.1, 0.15) is 11.3 Å². The summed E-state index contributed by atoms with van der Waals surface area (Å²) in [4.78, 5) is 21.5. The molecule has 0 saturated carbocycles. The molecule has 6 nitrogen and oxygen atoms in total. The predicted octanol–water partition coefficient (Wildman–Crippen LogP) is 3.27. The van der Waals surface area contributed by atoms with Crippen LogP contribution in [0.3, 0.4) is 0 Å². The first-order valence-corrected chi connectivity index (χ1v) is 8.98. The number of nitrogens with one attached hydrogen (secondary N) is 1. The van der Waals surface area contributed by atoms with Crippen LogP contribution >= 0.6 is 0 Å². The van der Waals surface area contributed by atoms with Gasteiger partial charge in [-0.25, -0.2) is 14.4 Å². The first kappa shape index (κ1) is 18.9. The molecule has 0 radical (unpaired) electrons. The fraction of sp³-hybridized carbons (Fsp3) is 0.400. The van der Waals surface area contributed by atoms with E-state index in [1.165, 1.54) is 12.1 Å². The maximum absolute atomic E-state index is 14.0. The maximum Gasteiger partial charge on any atom is 0.253 e. The Bertz CT molecular complexity index is 1010. The van der Waals surface area contributed by atoms with Gasteiger partial charge in [-0.2, -0.15) is 5.10 Å². The molecule has 0 aliphatic carbocycles. The highest BCUT2D eigenvalue weighted by atomic mass is 19.1. The third kappa shape index (κ3) is 4.13. The number of hydrogen-bond donors (Lipinski definition) is 1. The second-order valence-electron chi connectivity index (χ2n) is 7.14. The number of rotatable bonds is 5. The van der Waals surface area contributed by atoms with Crippen molar-refractivity contribution in [2.45, 2.75) is 41.2 Å². The van der Waals surface area contributed by atoms with Crippen LogP contribution in [0.1, 0.15) is 40.1 Å². The van der Waals surface area contributed by atoms with E-state index in [-0.39, 0.29) is 17.4 Å². The lowest BCUT2D eigenvalue weighted by Gasteiger charge is -2.15. The molecule has 1 amide bonds. The van der Waals surface area contributed by atoms with Gasteiger partial charge in [-0.15, -0.1) is 0 Å². The quantitative estimate of drug-likeness (QED) is 0.749. The highest BCUT2D eigenvalue weighted by Gasteiger charge is 2.16. The van der Waals surface area contributed by atoms with E-state index >= 15 is 0 Å². The third-order valence-corrected chi connectivity index (χ3v) is 4.59. The average molecular weight is 369 g/mol. The molecule has 2 aromatic heterocycles. The predicted molar refractivity (Wildman–Crippen MR) is 102 cm³/mol. The van der Waals surface area contributed by atoms with E-state index in [9.17, 15) is 9.18 Å². The van der Waals surface area contributed by atoms with Crippen molar-refractivity contribution in [2.24, 2.45) is 5.92 Å². The van der Waals surface area contributed by atoms with Crippen LogP contribution in [0, 0.1) is 39.4 Å².